The molecule has 0 spiro atoms. The highest BCUT2D eigenvalue weighted by atomic mass is 16.1. The second-order valence-corrected chi connectivity index (χ2v) is 4.93. The Morgan fingerprint density at radius 1 is 1.10 bits per heavy atom. The highest BCUT2D eigenvalue weighted by Gasteiger charge is 2.10. The minimum Gasteiger partial charge on any atom is -0.291 e. The molecule has 0 N–H and O–H groups in total. The maximum atomic E-state index is 11.7. The maximum absolute atomic E-state index is 11.7. The van der Waals surface area contributed by atoms with Crippen LogP contribution in [0.25, 0.3) is 0 Å². The largest absolute Gasteiger partial charge is 0.291 e. The number of hydrogen-bond acceptors (Lipinski definition) is 4. The van der Waals surface area contributed by atoms with Gasteiger partial charge < -0.3 is 0 Å². The number of aryl methyl sites for hydroxylation is 2. The van der Waals surface area contributed by atoms with Crippen LogP contribution in [0.5, 0.6) is 0 Å². The maximum Gasteiger partial charge on any atom is 0.240 e. The van der Waals surface area contributed by atoms with Crippen LogP contribution in [0, 0.1) is 0 Å². The number of hydrogen-bond donors (Lipinski definition) is 0. The van der Waals surface area contributed by atoms with Crippen molar-refractivity contribution in [3.63, 3.8) is 0 Å². The van der Waals surface area contributed by atoms with E-state index in [9.17, 15) is 4.79 Å². The van der Waals surface area contributed by atoms with Crippen LogP contribution in [0.2, 0.25) is 0 Å². The molecule has 0 bridgehead atoms. The van der Waals surface area contributed by atoms with Crippen LogP contribution < -0.4 is 0 Å². The Morgan fingerprint density at radius 3 is 2.55 bits per heavy atom. The predicted octanol–water partition coefficient (Wildman–Crippen LogP) is 2.59. The van der Waals surface area contributed by atoms with Crippen LogP contribution >= 0.6 is 0 Å². The van der Waals surface area contributed by atoms with Crippen molar-refractivity contribution in [1.29, 1.82) is 0 Å². The molecule has 20 heavy (non-hydrogen) atoms. The van der Waals surface area contributed by atoms with Crippen molar-refractivity contribution >= 4 is 5.78 Å². The van der Waals surface area contributed by atoms with E-state index in [0.717, 1.165) is 25.7 Å². The van der Waals surface area contributed by atoms with Crippen molar-refractivity contribution < 1.29 is 4.79 Å². The number of benzene rings is 1. The van der Waals surface area contributed by atoms with Crippen molar-refractivity contribution in [2.75, 3.05) is 0 Å². The Kier molecular flexibility index (Phi) is 5.41. The first-order valence-electron chi connectivity index (χ1n) is 7.07. The van der Waals surface area contributed by atoms with E-state index in [-0.39, 0.29) is 11.6 Å². The van der Waals surface area contributed by atoms with E-state index >= 15 is 0 Å². The van der Waals surface area contributed by atoms with Crippen molar-refractivity contribution in [2.24, 2.45) is 7.05 Å². The number of carbonyl (C=O) groups is 1. The molecule has 0 aliphatic heterocycles. The van der Waals surface area contributed by atoms with E-state index in [1.165, 1.54) is 16.8 Å². The number of unbranched alkanes of at least 4 members (excludes halogenated alkanes) is 3. The van der Waals surface area contributed by atoms with Crippen molar-refractivity contribution in [1.82, 2.24) is 20.2 Å². The summed E-state index contributed by atoms with van der Waals surface area (Å²) in [5.41, 5.74) is 1.38. The first kappa shape index (κ1) is 14.4. The van der Waals surface area contributed by atoms with Gasteiger partial charge in [0.2, 0.25) is 11.6 Å². The second-order valence-electron chi connectivity index (χ2n) is 4.93. The zero-order valence-electron chi connectivity index (χ0n) is 11.8. The molecular formula is C15H20N4O. The van der Waals surface area contributed by atoms with Gasteiger partial charge >= 0.3 is 0 Å². The van der Waals surface area contributed by atoms with Crippen LogP contribution in [-0.2, 0) is 13.5 Å². The summed E-state index contributed by atoms with van der Waals surface area (Å²) in [5, 5.41) is 11.3. The molecule has 2 rings (SSSR count). The van der Waals surface area contributed by atoms with Gasteiger partial charge in [-0.2, -0.15) is 4.80 Å². The van der Waals surface area contributed by atoms with Gasteiger partial charge in [-0.05, 0) is 30.0 Å². The molecule has 2 aromatic rings. The van der Waals surface area contributed by atoms with Crippen molar-refractivity contribution in [2.45, 2.75) is 38.5 Å². The summed E-state index contributed by atoms with van der Waals surface area (Å²) in [6.45, 7) is 0. The molecule has 0 fully saturated rings. The van der Waals surface area contributed by atoms with Crippen LogP contribution in [0.4, 0.5) is 0 Å². The Bertz CT molecular complexity index is 536. The van der Waals surface area contributed by atoms with Crippen LogP contribution in [0.1, 0.15) is 48.3 Å². The quantitative estimate of drug-likeness (QED) is 0.547. The van der Waals surface area contributed by atoms with Gasteiger partial charge in [0.15, 0.2) is 0 Å². The molecule has 0 aliphatic carbocycles. The summed E-state index contributed by atoms with van der Waals surface area (Å²) in [6, 6.07) is 10.5. The Balaban J connectivity index is 1.57. The van der Waals surface area contributed by atoms with E-state index in [4.69, 9.17) is 0 Å². The molecule has 1 heterocycles. The van der Waals surface area contributed by atoms with Gasteiger partial charge in [-0.15, -0.1) is 10.2 Å². The molecule has 0 radical (unpaired) electrons. The molecule has 1 aromatic carbocycles. The number of tetrazole rings is 1. The average molecular weight is 272 g/mol. The van der Waals surface area contributed by atoms with Gasteiger partial charge in [-0.25, -0.2) is 0 Å². The monoisotopic (exact) mass is 272 g/mol. The smallest absolute Gasteiger partial charge is 0.240 e. The van der Waals surface area contributed by atoms with E-state index in [1.54, 1.807) is 7.05 Å². The van der Waals surface area contributed by atoms with Gasteiger partial charge in [-0.3, -0.25) is 4.79 Å². The standard InChI is InChI=1S/C15H20N4O/c1-19-17-15(16-18-19)14(20)12-8-3-2-5-9-13-10-6-4-7-11-13/h4,6-7,10-11H,2-3,5,8-9,12H2,1H3. The molecule has 0 saturated heterocycles. The fourth-order valence-electron chi connectivity index (χ4n) is 2.12. The Hall–Kier alpha value is -2.04. The Morgan fingerprint density at radius 2 is 1.85 bits per heavy atom. The van der Waals surface area contributed by atoms with Gasteiger partial charge in [0.1, 0.15) is 0 Å². The van der Waals surface area contributed by atoms with Gasteiger partial charge in [0, 0.05) is 6.42 Å². The summed E-state index contributed by atoms with van der Waals surface area (Å²) < 4.78 is 0. The summed E-state index contributed by atoms with van der Waals surface area (Å²) in [6.07, 6.45) is 5.90. The third-order valence-corrected chi connectivity index (χ3v) is 3.22. The lowest BCUT2D eigenvalue weighted by Crippen LogP contribution is -2.02. The molecule has 0 amide bonds. The SMILES string of the molecule is Cn1nnc(C(=O)CCCCCCc2ccccc2)n1. The first-order chi connectivity index (χ1) is 9.75. The molecule has 1 aromatic heterocycles. The van der Waals surface area contributed by atoms with Crippen molar-refractivity contribution in [3.8, 4) is 0 Å². The topological polar surface area (TPSA) is 60.7 Å². The first-order valence-corrected chi connectivity index (χ1v) is 7.07. The Labute approximate surface area is 119 Å². The van der Waals surface area contributed by atoms with Crippen LogP contribution in [0.15, 0.2) is 30.3 Å². The summed E-state index contributed by atoms with van der Waals surface area (Å²) in [5.74, 6) is 0.220. The molecule has 0 atom stereocenters. The summed E-state index contributed by atoms with van der Waals surface area (Å²) in [4.78, 5) is 13.0. The predicted molar refractivity (Wildman–Crippen MR) is 76.4 cm³/mol. The summed E-state index contributed by atoms with van der Waals surface area (Å²) >= 11 is 0. The van der Waals surface area contributed by atoms with E-state index in [1.807, 2.05) is 6.07 Å². The third kappa shape index (κ3) is 4.57. The molecule has 5 nitrogen and oxygen atoms in total. The van der Waals surface area contributed by atoms with E-state index < -0.39 is 0 Å². The number of Topliss-reactive ketones (excluding diaryl/α,β-unsaturated/α-hetero) is 1. The number of ketones is 1. The lowest BCUT2D eigenvalue weighted by molar-refractivity contribution is 0.0968. The number of aromatic nitrogens is 4. The number of carbonyl (C=O) groups excluding carboxylic acids is 1. The fraction of sp³-hybridized carbons (Fsp3) is 0.467. The minimum atomic E-state index is -0.0128. The molecular weight excluding hydrogens is 252 g/mol. The van der Waals surface area contributed by atoms with Crippen LogP contribution in [0.3, 0.4) is 0 Å². The molecule has 106 valence electrons. The van der Waals surface area contributed by atoms with E-state index in [0.29, 0.717) is 6.42 Å². The number of nitrogens with zero attached hydrogens (tertiary/aromatic N) is 4. The highest BCUT2D eigenvalue weighted by Crippen LogP contribution is 2.09. The fourth-order valence-corrected chi connectivity index (χ4v) is 2.12. The molecule has 0 saturated carbocycles. The third-order valence-electron chi connectivity index (χ3n) is 3.22. The normalized spacial score (nSPS) is 10.7. The zero-order chi connectivity index (χ0) is 14.2. The molecule has 0 aliphatic rings. The number of rotatable bonds is 8. The van der Waals surface area contributed by atoms with E-state index in [2.05, 4.69) is 39.7 Å². The van der Waals surface area contributed by atoms with Crippen molar-refractivity contribution in [3.05, 3.63) is 41.7 Å². The van der Waals surface area contributed by atoms with Gasteiger partial charge in [-0.1, -0.05) is 43.2 Å². The molecule has 0 unspecified atom stereocenters. The highest BCUT2D eigenvalue weighted by molar-refractivity contribution is 5.92. The average Bonchev–Trinajstić information content (AvgIpc) is 2.90. The zero-order valence-corrected chi connectivity index (χ0v) is 11.8. The second kappa shape index (κ2) is 7.53. The van der Waals surface area contributed by atoms with Crippen LogP contribution in [-0.4, -0.2) is 26.0 Å². The lowest BCUT2D eigenvalue weighted by Gasteiger charge is -2.01. The van der Waals surface area contributed by atoms with Gasteiger partial charge in [0.25, 0.3) is 0 Å². The minimum absolute atomic E-state index is 0.0128. The lowest BCUT2D eigenvalue weighted by atomic mass is 10.0. The molecule has 5 heteroatoms. The summed E-state index contributed by atoms with van der Waals surface area (Å²) in [7, 11) is 1.66. The van der Waals surface area contributed by atoms with Gasteiger partial charge in [0.05, 0.1) is 7.05 Å².